The van der Waals surface area contributed by atoms with Crippen LogP contribution in [-0.4, -0.2) is 13.7 Å². The molecule has 1 aromatic rings. The standard InChI is InChI=1S/C17H24FNO/c1-3-6-19-17(13-8-11-7-12(11)9-13)15-5-4-14(20-2)10-16(15)18/h4-5,10-13,17,19H,3,6-9H2,1-2H3. The number of halogens is 1. The fourth-order valence-electron chi connectivity index (χ4n) is 3.75. The van der Waals surface area contributed by atoms with Crippen molar-refractivity contribution in [1.29, 1.82) is 0 Å². The Morgan fingerprint density at radius 3 is 2.65 bits per heavy atom. The number of fused-ring (bicyclic) bond motifs is 1. The first-order chi connectivity index (χ1) is 9.72. The van der Waals surface area contributed by atoms with Gasteiger partial charge >= 0.3 is 0 Å². The third-order valence-corrected chi connectivity index (χ3v) is 4.91. The summed E-state index contributed by atoms with van der Waals surface area (Å²) in [7, 11) is 1.58. The van der Waals surface area contributed by atoms with Gasteiger partial charge in [0.25, 0.3) is 0 Å². The van der Waals surface area contributed by atoms with E-state index < -0.39 is 0 Å². The van der Waals surface area contributed by atoms with Crippen LogP contribution in [0.15, 0.2) is 18.2 Å². The summed E-state index contributed by atoms with van der Waals surface area (Å²) < 4.78 is 19.5. The zero-order valence-electron chi connectivity index (χ0n) is 12.4. The molecular formula is C17H24FNO. The molecule has 1 aromatic carbocycles. The molecule has 3 heteroatoms. The molecule has 1 N–H and O–H groups in total. The lowest BCUT2D eigenvalue weighted by atomic mass is 9.88. The summed E-state index contributed by atoms with van der Waals surface area (Å²) >= 11 is 0. The molecule has 2 nitrogen and oxygen atoms in total. The van der Waals surface area contributed by atoms with Crippen LogP contribution in [0.4, 0.5) is 4.39 Å². The molecule has 0 bridgehead atoms. The highest BCUT2D eigenvalue weighted by molar-refractivity contribution is 5.31. The first-order valence-electron chi connectivity index (χ1n) is 7.79. The van der Waals surface area contributed by atoms with Crippen molar-refractivity contribution < 1.29 is 9.13 Å². The molecule has 3 unspecified atom stereocenters. The third-order valence-electron chi connectivity index (χ3n) is 4.91. The lowest BCUT2D eigenvalue weighted by molar-refractivity contribution is 0.332. The van der Waals surface area contributed by atoms with Gasteiger partial charge in [-0.15, -0.1) is 0 Å². The van der Waals surface area contributed by atoms with Crippen LogP contribution in [0.5, 0.6) is 5.75 Å². The molecule has 3 rings (SSSR count). The lowest BCUT2D eigenvalue weighted by Gasteiger charge is -2.27. The summed E-state index contributed by atoms with van der Waals surface area (Å²) in [6.45, 7) is 3.10. The first kappa shape index (κ1) is 13.9. The van der Waals surface area contributed by atoms with Crippen molar-refractivity contribution in [1.82, 2.24) is 5.32 Å². The van der Waals surface area contributed by atoms with Crippen molar-refractivity contribution in [3.63, 3.8) is 0 Å². The number of nitrogens with one attached hydrogen (secondary N) is 1. The zero-order chi connectivity index (χ0) is 14.1. The van der Waals surface area contributed by atoms with Gasteiger partial charge in [0.2, 0.25) is 0 Å². The Morgan fingerprint density at radius 1 is 1.30 bits per heavy atom. The largest absolute Gasteiger partial charge is 0.497 e. The highest BCUT2D eigenvalue weighted by Gasteiger charge is 2.48. The van der Waals surface area contributed by atoms with Gasteiger partial charge in [-0.2, -0.15) is 0 Å². The lowest BCUT2D eigenvalue weighted by Crippen LogP contribution is -2.29. The summed E-state index contributed by atoms with van der Waals surface area (Å²) in [5.41, 5.74) is 0.811. The molecule has 0 aliphatic heterocycles. The maximum absolute atomic E-state index is 14.4. The van der Waals surface area contributed by atoms with Gasteiger partial charge in [-0.05, 0) is 56.0 Å². The Balaban J connectivity index is 1.80. The Bertz CT molecular complexity index is 466. The predicted molar refractivity (Wildman–Crippen MR) is 78.3 cm³/mol. The Hall–Kier alpha value is -1.09. The van der Waals surface area contributed by atoms with E-state index in [1.54, 1.807) is 7.11 Å². The van der Waals surface area contributed by atoms with Crippen LogP contribution < -0.4 is 10.1 Å². The quantitative estimate of drug-likeness (QED) is 0.851. The minimum absolute atomic E-state index is 0.140. The summed E-state index contributed by atoms with van der Waals surface area (Å²) in [5, 5.41) is 3.57. The smallest absolute Gasteiger partial charge is 0.131 e. The van der Waals surface area contributed by atoms with E-state index in [9.17, 15) is 4.39 Å². The minimum atomic E-state index is -0.140. The average molecular weight is 277 g/mol. The zero-order valence-corrected chi connectivity index (χ0v) is 12.4. The van der Waals surface area contributed by atoms with Crippen molar-refractivity contribution in [2.75, 3.05) is 13.7 Å². The number of benzene rings is 1. The van der Waals surface area contributed by atoms with Gasteiger partial charge in [0.15, 0.2) is 0 Å². The molecule has 0 radical (unpaired) electrons. The molecule has 3 atom stereocenters. The average Bonchev–Trinajstić information content (AvgIpc) is 3.07. The van der Waals surface area contributed by atoms with E-state index in [0.29, 0.717) is 11.7 Å². The van der Waals surface area contributed by atoms with Crippen LogP contribution in [0.25, 0.3) is 0 Å². The number of hydrogen-bond acceptors (Lipinski definition) is 2. The van der Waals surface area contributed by atoms with Crippen LogP contribution in [0.3, 0.4) is 0 Å². The molecule has 0 saturated heterocycles. The van der Waals surface area contributed by atoms with Crippen LogP contribution in [-0.2, 0) is 0 Å². The number of ether oxygens (including phenoxy) is 1. The van der Waals surface area contributed by atoms with Crippen LogP contribution in [0.2, 0.25) is 0 Å². The SMILES string of the molecule is CCCNC(c1ccc(OC)cc1F)C1CC2CC2C1. The normalized spacial score (nSPS) is 29.1. The number of methoxy groups -OCH3 is 1. The third kappa shape index (κ3) is 2.69. The molecule has 0 amide bonds. The van der Waals surface area contributed by atoms with Gasteiger partial charge in [0.05, 0.1) is 7.11 Å². The van der Waals surface area contributed by atoms with E-state index >= 15 is 0 Å². The van der Waals surface area contributed by atoms with Gasteiger partial charge in [-0.1, -0.05) is 13.0 Å². The summed E-state index contributed by atoms with van der Waals surface area (Å²) in [4.78, 5) is 0. The summed E-state index contributed by atoms with van der Waals surface area (Å²) in [6.07, 6.45) is 5.00. The van der Waals surface area contributed by atoms with E-state index in [-0.39, 0.29) is 11.9 Å². The van der Waals surface area contributed by atoms with E-state index in [1.807, 2.05) is 12.1 Å². The van der Waals surface area contributed by atoms with Gasteiger partial charge in [0.1, 0.15) is 11.6 Å². The van der Waals surface area contributed by atoms with Crippen LogP contribution in [0, 0.1) is 23.6 Å². The van der Waals surface area contributed by atoms with Crippen molar-refractivity contribution in [3.05, 3.63) is 29.6 Å². The van der Waals surface area contributed by atoms with E-state index in [1.165, 1.54) is 25.3 Å². The van der Waals surface area contributed by atoms with E-state index in [2.05, 4.69) is 12.2 Å². The Kier molecular flexibility index (Phi) is 3.97. The second kappa shape index (κ2) is 5.72. The molecule has 0 aromatic heterocycles. The fraction of sp³-hybridized carbons (Fsp3) is 0.647. The van der Waals surface area contributed by atoms with Crippen LogP contribution >= 0.6 is 0 Å². The molecule has 0 spiro atoms. The topological polar surface area (TPSA) is 21.3 Å². The Labute approximate surface area is 120 Å². The Morgan fingerprint density at radius 2 is 2.05 bits per heavy atom. The second-order valence-electron chi connectivity index (χ2n) is 6.31. The van der Waals surface area contributed by atoms with Gasteiger partial charge in [-0.25, -0.2) is 4.39 Å². The second-order valence-corrected chi connectivity index (χ2v) is 6.31. The maximum Gasteiger partial charge on any atom is 0.131 e. The summed E-state index contributed by atoms with van der Waals surface area (Å²) in [6, 6.07) is 5.43. The maximum atomic E-state index is 14.4. The summed E-state index contributed by atoms with van der Waals surface area (Å²) in [5.74, 6) is 2.89. The van der Waals surface area contributed by atoms with Crippen molar-refractivity contribution in [3.8, 4) is 5.75 Å². The first-order valence-corrected chi connectivity index (χ1v) is 7.79. The molecule has 2 fully saturated rings. The highest BCUT2D eigenvalue weighted by Crippen LogP contribution is 2.57. The number of hydrogen-bond donors (Lipinski definition) is 1. The predicted octanol–water partition coefficient (Wildman–Crippen LogP) is 3.92. The minimum Gasteiger partial charge on any atom is -0.497 e. The molecule has 110 valence electrons. The monoisotopic (exact) mass is 277 g/mol. The van der Waals surface area contributed by atoms with Gasteiger partial charge < -0.3 is 10.1 Å². The van der Waals surface area contributed by atoms with Gasteiger partial charge in [0, 0.05) is 17.7 Å². The van der Waals surface area contributed by atoms with Crippen molar-refractivity contribution in [2.24, 2.45) is 17.8 Å². The van der Waals surface area contributed by atoms with Crippen molar-refractivity contribution >= 4 is 0 Å². The fourth-order valence-corrected chi connectivity index (χ4v) is 3.75. The molecule has 2 saturated carbocycles. The highest BCUT2D eigenvalue weighted by atomic mass is 19.1. The van der Waals surface area contributed by atoms with E-state index in [4.69, 9.17) is 4.74 Å². The molecule has 2 aliphatic rings. The van der Waals surface area contributed by atoms with Crippen molar-refractivity contribution in [2.45, 2.75) is 38.6 Å². The molecule has 20 heavy (non-hydrogen) atoms. The van der Waals surface area contributed by atoms with E-state index in [0.717, 1.165) is 30.4 Å². The molecule has 0 heterocycles. The van der Waals surface area contributed by atoms with Crippen LogP contribution in [0.1, 0.15) is 44.2 Å². The van der Waals surface area contributed by atoms with Gasteiger partial charge in [-0.3, -0.25) is 0 Å². The molecular weight excluding hydrogens is 253 g/mol. The molecule has 2 aliphatic carbocycles. The number of rotatable bonds is 6.